The topological polar surface area (TPSA) is 3.24 Å². The molecule has 0 bridgehead atoms. The predicted molar refractivity (Wildman–Crippen MR) is 242 cm³/mol. The molecule has 318 valence electrons. The molecule has 1 heteroatoms. The highest BCUT2D eigenvalue weighted by Crippen LogP contribution is 2.37. The largest absolute Gasteiger partial charge is 0.301 e. The third kappa shape index (κ3) is 21.6. The number of nitrogens with zero attached hydrogens (tertiary/aromatic N) is 1. The smallest absolute Gasteiger partial charge is 0.00669 e. The van der Waals surface area contributed by atoms with E-state index < -0.39 is 0 Å². The maximum atomic E-state index is 2.87. The van der Waals surface area contributed by atoms with Crippen LogP contribution in [-0.2, 0) is 0 Å². The van der Waals surface area contributed by atoms with Gasteiger partial charge in [-0.2, -0.15) is 0 Å². The molecule has 3 saturated carbocycles. The Morgan fingerprint density at radius 2 is 0.648 bits per heavy atom. The van der Waals surface area contributed by atoms with Crippen LogP contribution >= 0.6 is 0 Å². The normalized spacial score (nSPS) is 32.2. The molecule has 3 atom stereocenters. The molecule has 4 fully saturated rings. The lowest BCUT2D eigenvalue weighted by Gasteiger charge is -2.30. The molecule has 4 aliphatic rings. The van der Waals surface area contributed by atoms with Crippen LogP contribution in [0, 0.1) is 35.5 Å². The second-order valence-electron chi connectivity index (χ2n) is 20.9. The molecule has 1 nitrogen and oxygen atoms in total. The van der Waals surface area contributed by atoms with Gasteiger partial charge in [-0.1, -0.05) is 257 Å². The Morgan fingerprint density at radius 1 is 0.315 bits per heavy atom. The van der Waals surface area contributed by atoms with Crippen LogP contribution in [0.15, 0.2) is 0 Å². The SMILES string of the molecule is CC1CCCCC(C2CCCCC(CCCCCCCC3CCCCCC(CCCCN4CCCCCCCCC4C)CCCC3)CCCC2)CCCC1. The first-order valence-electron chi connectivity index (χ1n) is 26.4. The fraction of sp³-hybridized carbons (Fsp3) is 1.00. The van der Waals surface area contributed by atoms with Gasteiger partial charge in [0.05, 0.1) is 0 Å². The van der Waals surface area contributed by atoms with Gasteiger partial charge in [0.15, 0.2) is 0 Å². The summed E-state index contributed by atoms with van der Waals surface area (Å²) in [5.41, 5.74) is 0. The second-order valence-corrected chi connectivity index (χ2v) is 20.9. The highest BCUT2D eigenvalue weighted by Gasteiger charge is 2.23. The van der Waals surface area contributed by atoms with Crippen molar-refractivity contribution >= 4 is 0 Å². The number of rotatable bonds is 14. The number of hydrogen-bond donors (Lipinski definition) is 0. The predicted octanol–water partition coefficient (Wildman–Crippen LogP) is 17.8. The van der Waals surface area contributed by atoms with Crippen LogP contribution in [0.2, 0.25) is 0 Å². The monoisotopic (exact) mass is 752 g/mol. The second kappa shape index (κ2) is 31.0. The first kappa shape index (κ1) is 46.6. The molecule has 0 aromatic rings. The van der Waals surface area contributed by atoms with Gasteiger partial charge in [0, 0.05) is 6.04 Å². The van der Waals surface area contributed by atoms with Crippen molar-refractivity contribution in [3.8, 4) is 0 Å². The fourth-order valence-electron chi connectivity index (χ4n) is 12.4. The zero-order valence-corrected chi connectivity index (χ0v) is 37.6. The minimum atomic E-state index is 0.816. The zero-order chi connectivity index (χ0) is 37.7. The Balaban J connectivity index is 1.00. The van der Waals surface area contributed by atoms with Crippen molar-refractivity contribution < 1.29 is 0 Å². The molecule has 0 aromatic carbocycles. The molecule has 1 saturated heterocycles. The summed E-state index contributed by atoms with van der Waals surface area (Å²) in [7, 11) is 0. The average Bonchev–Trinajstić information content (AvgIpc) is 3.23. The standard InChI is InChI=1S/C53H101N/c1-47-29-16-22-41-52(42-23-17-30-47)53-43-24-20-38-50(39-21-25-44-53)33-13-8-5-7-12-32-49-34-14-10-15-35-51(37-19-18-36-49)40-26-28-46-54-45-27-9-4-3-6-11-31-48(54)2/h47-53H,3-46H2,1-2H3. The van der Waals surface area contributed by atoms with Gasteiger partial charge in [-0.25, -0.2) is 0 Å². The summed E-state index contributed by atoms with van der Waals surface area (Å²) < 4.78 is 0. The molecule has 3 aliphatic carbocycles. The lowest BCUT2D eigenvalue weighted by Crippen LogP contribution is -2.35. The van der Waals surface area contributed by atoms with Crippen LogP contribution in [0.25, 0.3) is 0 Å². The van der Waals surface area contributed by atoms with Crippen molar-refractivity contribution in [2.45, 2.75) is 290 Å². The van der Waals surface area contributed by atoms with Crippen molar-refractivity contribution in [1.29, 1.82) is 0 Å². The Labute approximate surface area is 341 Å². The van der Waals surface area contributed by atoms with Crippen molar-refractivity contribution in [2.75, 3.05) is 13.1 Å². The molecule has 0 aromatic heterocycles. The molecule has 0 spiro atoms. The highest BCUT2D eigenvalue weighted by atomic mass is 15.1. The van der Waals surface area contributed by atoms with E-state index in [1.165, 1.54) is 219 Å². The van der Waals surface area contributed by atoms with E-state index in [-0.39, 0.29) is 0 Å². The summed E-state index contributed by atoms with van der Waals surface area (Å²) in [5, 5.41) is 0. The number of unbranched alkanes of at least 4 members (excludes halogenated alkanes) is 5. The van der Waals surface area contributed by atoms with E-state index in [0.29, 0.717) is 0 Å². The molecule has 54 heavy (non-hydrogen) atoms. The van der Waals surface area contributed by atoms with E-state index in [2.05, 4.69) is 18.7 Å². The summed E-state index contributed by atoms with van der Waals surface area (Å²) in [6.45, 7) is 7.76. The maximum Gasteiger partial charge on any atom is 0.00669 e. The molecule has 0 amide bonds. The molecule has 1 aliphatic heterocycles. The minimum Gasteiger partial charge on any atom is -0.301 e. The van der Waals surface area contributed by atoms with Gasteiger partial charge in [-0.05, 0) is 74.8 Å². The molecular formula is C53H101N. The summed E-state index contributed by atoms with van der Waals surface area (Å²) in [6.07, 6.45) is 63.6. The van der Waals surface area contributed by atoms with Gasteiger partial charge in [0.2, 0.25) is 0 Å². The highest BCUT2D eigenvalue weighted by molar-refractivity contribution is 4.76. The van der Waals surface area contributed by atoms with Crippen LogP contribution < -0.4 is 0 Å². The minimum absolute atomic E-state index is 0.816. The van der Waals surface area contributed by atoms with Crippen molar-refractivity contribution in [3.63, 3.8) is 0 Å². The Hall–Kier alpha value is -0.0400. The van der Waals surface area contributed by atoms with Gasteiger partial charge in [-0.15, -0.1) is 0 Å². The van der Waals surface area contributed by atoms with E-state index >= 15 is 0 Å². The van der Waals surface area contributed by atoms with E-state index in [1.54, 1.807) is 64.2 Å². The van der Waals surface area contributed by atoms with E-state index in [4.69, 9.17) is 0 Å². The Bertz CT molecular complexity index is 811. The molecule has 4 rings (SSSR count). The third-order valence-corrected chi connectivity index (χ3v) is 16.3. The summed E-state index contributed by atoms with van der Waals surface area (Å²) in [6, 6.07) is 0.816. The van der Waals surface area contributed by atoms with E-state index in [9.17, 15) is 0 Å². The lowest BCUT2D eigenvalue weighted by atomic mass is 9.76. The molecule has 3 unspecified atom stereocenters. The van der Waals surface area contributed by atoms with Gasteiger partial charge in [0.1, 0.15) is 0 Å². The van der Waals surface area contributed by atoms with Gasteiger partial charge in [-0.3, -0.25) is 0 Å². The molecule has 0 N–H and O–H groups in total. The van der Waals surface area contributed by atoms with Gasteiger partial charge >= 0.3 is 0 Å². The first-order chi connectivity index (χ1) is 26.7. The molecule has 0 radical (unpaired) electrons. The van der Waals surface area contributed by atoms with Crippen LogP contribution in [0.3, 0.4) is 0 Å². The average molecular weight is 752 g/mol. The van der Waals surface area contributed by atoms with Gasteiger partial charge in [0.25, 0.3) is 0 Å². The van der Waals surface area contributed by atoms with E-state index in [0.717, 1.165) is 41.5 Å². The van der Waals surface area contributed by atoms with Gasteiger partial charge < -0.3 is 4.90 Å². The third-order valence-electron chi connectivity index (χ3n) is 16.3. The lowest BCUT2D eigenvalue weighted by molar-refractivity contribution is 0.182. The quantitative estimate of drug-likeness (QED) is 0.160. The maximum absolute atomic E-state index is 2.87. The zero-order valence-electron chi connectivity index (χ0n) is 37.6. The van der Waals surface area contributed by atoms with Crippen molar-refractivity contribution in [3.05, 3.63) is 0 Å². The Kier molecular flexibility index (Phi) is 26.7. The van der Waals surface area contributed by atoms with E-state index in [1.807, 2.05) is 0 Å². The van der Waals surface area contributed by atoms with Crippen LogP contribution in [0.5, 0.6) is 0 Å². The summed E-state index contributed by atoms with van der Waals surface area (Å²) in [4.78, 5) is 2.87. The van der Waals surface area contributed by atoms with Crippen molar-refractivity contribution in [2.24, 2.45) is 35.5 Å². The van der Waals surface area contributed by atoms with Crippen LogP contribution in [0.4, 0.5) is 0 Å². The molecular weight excluding hydrogens is 651 g/mol. The van der Waals surface area contributed by atoms with Crippen LogP contribution in [0.1, 0.15) is 284 Å². The van der Waals surface area contributed by atoms with Crippen molar-refractivity contribution in [1.82, 2.24) is 4.90 Å². The Morgan fingerprint density at radius 3 is 1.15 bits per heavy atom. The fourth-order valence-corrected chi connectivity index (χ4v) is 12.4. The molecule has 1 heterocycles. The first-order valence-corrected chi connectivity index (χ1v) is 26.4. The summed E-state index contributed by atoms with van der Waals surface area (Å²) >= 11 is 0. The van der Waals surface area contributed by atoms with Crippen LogP contribution in [-0.4, -0.2) is 24.0 Å². The number of hydrogen-bond acceptors (Lipinski definition) is 1. The summed E-state index contributed by atoms with van der Waals surface area (Å²) in [5.74, 6) is 6.24.